The van der Waals surface area contributed by atoms with Crippen LogP contribution in [0.15, 0.2) is 57.5 Å². The summed E-state index contributed by atoms with van der Waals surface area (Å²) >= 11 is 9.83. The van der Waals surface area contributed by atoms with Gasteiger partial charge in [-0.1, -0.05) is 72.1 Å². The highest BCUT2D eigenvalue weighted by Crippen LogP contribution is 2.20. The van der Waals surface area contributed by atoms with Gasteiger partial charge in [0.2, 0.25) is 0 Å². The third kappa shape index (κ3) is 3.65. The molecule has 0 amide bonds. The first-order valence-corrected chi connectivity index (χ1v) is 8.23. The van der Waals surface area contributed by atoms with Gasteiger partial charge in [0.1, 0.15) is 4.83 Å². The first kappa shape index (κ1) is 15.6. The van der Waals surface area contributed by atoms with Gasteiger partial charge in [-0.3, -0.25) is 9.59 Å². The smallest absolute Gasteiger partial charge is 0.184 e. The third-order valence-electron chi connectivity index (χ3n) is 2.68. The minimum Gasteiger partial charge on any atom is -0.292 e. The van der Waals surface area contributed by atoms with E-state index in [0.29, 0.717) is 11.1 Å². The van der Waals surface area contributed by atoms with Crippen molar-refractivity contribution in [2.24, 2.45) is 0 Å². The minimum atomic E-state index is -0.883. The topological polar surface area (TPSA) is 34.1 Å². The summed E-state index contributed by atoms with van der Waals surface area (Å²) in [6.07, 6.45) is 0. The van der Waals surface area contributed by atoms with Gasteiger partial charge in [0.05, 0.1) is 0 Å². The average Bonchev–Trinajstić information content (AvgIpc) is 2.45. The molecule has 20 heavy (non-hydrogen) atoms. The Kier molecular flexibility index (Phi) is 5.29. The lowest BCUT2D eigenvalue weighted by molar-refractivity contribution is 0.0906. The van der Waals surface area contributed by atoms with Gasteiger partial charge in [0, 0.05) is 20.1 Å². The summed E-state index contributed by atoms with van der Waals surface area (Å²) in [6, 6.07) is 14.0. The number of Topliss-reactive ketones (excluding diaryl/α,β-unsaturated/α-hetero) is 2. The summed E-state index contributed by atoms with van der Waals surface area (Å²) in [5.41, 5.74) is 0.981. The van der Waals surface area contributed by atoms with Gasteiger partial charge < -0.3 is 0 Å². The molecule has 0 atom stereocenters. The molecule has 0 aliphatic rings. The van der Waals surface area contributed by atoms with Gasteiger partial charge in [-0.2, -0.15) is 0 Å². The number of rotatable bonds is 4. The van der Waals surface area contributed by atoms with Crippen molar-refractivity contribution in [1.29, 1.82) is 0 Å². The summed E-state index contributed by atoms with van der Waals surface area (Å²) in [5, 5.41) is 0. The van der Waals surface area contributed by atoms with Crippen LogP contribution < -0.4 is 0 Å². The van der Waals surface area contributed by atoms with Crippen LogP contribution in [0.2, 0.25) is 0 Å². The Bertz CT molecular complexity index is 610. The van der Waals surface area contributed by atoms with Crippen molar-refractivity contribution in [3.8, 4) is 0 Å². The van der Waals surface area contributed by atoms with Crippen molar-refractivity contribution >= 4 is 59.4 Å². The van der Waals surface area contributed by atoms with E-state index in [-0.39, 0.29) is 11.6 Å². The molecule has 2 aromatic rings. The SMILES string of the molecule is O=C(c1cccc(Br)c1)C(Br)C(=O)c1cccc(Br)c1. The van der Waals surface area contributed by atoms with Crippen molar-refractivity contribution in [3.63, 3.8) is 0 Å². The number of benzene rings is 2. The molecule has 0 aliphatic carbocycles. The van der Waals surface area contributed by atoms with Crippen molar-refractivity contribution < 1.29 is 9.59 Å². The van der Waals surface area contributed by atoms with Crippen LogP contribution in [-0.2, 0) is 0 Å². The number of hydrogen-bond acceptors (Lipinski definition) is 2. The zero-order valence-electron chi connectivity index (χ0n) is 10.1. The monoisotopic (exact) mass is 458 g/mol. The molecule has 2 nitrogen and oxygen atoms in total. The highest BCUT2D eigenvalue weighted by molar-refractivity contribution is 9.11. The molecule has 0 aromatic heterocycles. The molecule has 0 saturated carbocycles. The maximum absolute atomic E-state index is 12.3. The van der Waals surface area contributed by atoms with E-state index in [1.807, 2.05) is 12.1 Å². The lowest BCUT2D eigenvalue weighted by atomic mass is 10.0. The number of alkyl halides is 1. The summed E-state index contributed by atoms with van der Waals surface area (Å²) in [5.74, 6) is -0.507. The normalized spacial score (nSPS) is 10.6. The predicted molar refractivity (Wildman–Crippen MR) is 89.7 cm³/mol. The van der Waals surface area contributed by atoms with Gasteiger partial charge in [0.25, 0.3) is 0 Å². The van der Waals surface area contributed by atoms with E-state index in [2.05, 4.69) is 47.8 Å². The molecule has 0 saturated heterocycles. The Morgan fingerprint density at radius 3 is 1.55 bits per heavy atom. The quantitative estimate of drug-likeness (QED) is 0.364. The zero-order valence-corrected chi connectivity index (χ0v) is 14.9. The number of ketones is 2. The van der Waals surface area contributed by atoms with Gasteiger partial charge in [0.15, 0.2) is 11.6 Å². The molecule has 2 aromatic carbocycles. The third-order valence-corrected chi connectivity index (χ3v) is 4.50. The van der Waals surface area contributed by atoms with Crippen molar-refractivity contribution in [1.82, 2.24) is 0 Å². The lowest BCUT2D eigenvalue weighted by Gasteiger charge is -2.09. The highest BCUT2D eigenvalue weighted by Gasteiger charge is 2.25. The van der Waals surface area contributed by atoms with Crippen molar-refractivity contribution in [2.75, 3.05) is 0 Å². The Morgan fingerprint density at radius 2 is 1.20 bits per heavy atom. The molecule has 0 N–H and O–H groups in total. The first-order chi connectivity index (χ1) is 9.49. The maximum atomic E-state index is 12.3. The Hall–Kier alpha value is -0.780. The number of hydrogen-bond donors (Lipinski definition) is 0. The average molecular weight is 461 g/mol. The highest BCUT2D eigenvalue weighted by atomic mass is 79.9. The second-order valence-corrected chi connectivity index (χ2v) is 6.86. The van der Waals surface area contributed by atoms with Crippen molar-refractivity contribution in [3.05, 3.63) is 68.6 Å². The zero-order chi connectivity index (χ0) is 14.7. The van der Waals surface area contributed by atoms with Crippen LogP contribution in [0.4, 0.5) is 0 Å². The summed E-state index contributed by atoms with van der Waals surface area (Å²) < 4.78 is 1.61. The fraction of sp³-hybridized carbons (Fsp3) is 0.0667. The predicted octanol–water partition coefficient (Wildman–Crippen LogP) is 5.04. The summed E-state index contributed by atoms with van der Waals surface area (Å²) in [6.45, 7) is 0. The fourth-order valence-electron chi connectivity index (χ4n) is 1.70. The van der Waals surface area contributed by atoms with E-state index in [1.165, 1.54) is 0 Å². The molecule has 0 fully saturated rings. The molecule has 0 bridgehead atoms. The van der Waals surface area contributed by atoms with Gasteiger partial charge in [-0.15, -0.1) is 0 Å². The van der Waals surface area contributed by atoms with Crippen LogP contribution >= 0.6 is 47.8 Å². The Balaban J connectivity index is 2.25. The standard InChI is InChI=1S/C15H9Br3O2/c16-11-5-1-3-9(7-11)14(19)13(18)15(20)10-4-2-6-12(17)8-10/h1-8,13H. The molecule has 102 valence electrons. The first-order valence-electron chi connectivity index (χ1n) is 5.72. The molecule has 0 heterocycles. The molecular formula is C15H9Br3O2. The van der Waals surface area contributed by atoms with E-state index in [0.717, 1.165) is 8.95 Å². The fourth-order valence-corrected chi connectivity index (χ4v) is 3.02. The van der Waals surface area contributed by atoms with Crippen LogP contribution in [0.3, 0.4) is 0 Å². The number of halogens is 3. The molecule has 0 radical (unpaired) electrons. The van der Waals surface area contributed by atoms with Crippen LogP contribution in [0, 0.1) is 0 Å². The van der Waals surface area contributed by atoms with Gasteiger partial charge >= 0.3 is 0 Å². The molecule has 0 spiro atoms. The van der Waals surface area contributed by atoms with Crippen LogP contribution in [-0.4, -0.2) is 16.4 Å². The van der Waals surface area contributed by atoms with Gasteiger partial charge in [-0.25, -0.2) is 0 Å². The van der Waals surface area contributed by atoms with Gasteiger partial charge in [-0.05, 0) is 24.3 Å². The maximum Gasteiger partial charge on any atom is 0.184 e. The number of carbonyl (C=O) groups excluding carboxylic acids is 2. The molecule has 2 rings (SSSR count). The van der Waals surface area contributed by atoms with E-state index < -0.39 is 4.83 Å². The van der Waals surface area contributed by atoms with E-state index in [4.69, 9.17) is 0 Å². The van der Waals surface area contributed by atoms with E-state index in [9.17, 15) is 9.59 Å². The Morgan fingerprint density at radius 1 is 0.800 bits per heavy atom. The molecular weight excluding hydrogens is 452 g/mol. The Labute approximate surface area is 142 Å². The summed E-state index contributed by atoms with van der Waals surface area (Å²) in [7, 11) is 0. The van der Waals surface area contributed by atoms with Crippen LogP contribution in [0.5, 0.6) is 0 Å². The van der Waals surface area contributed by atoms with E-state index in [1.54, 1.807) is 36.4 Å². The summed E-state index contributed by atoms with van der Waals surface area (Å²) in [4.78, 5) is 23.7. The molecule has 0 unspecified atom stereocenters. The van der Waals surface area contributed by atoms with Crippen LogP contribution in [0.25, 0.3) is 0 Å². The second kappa shape index (κ2) is 6.78. The minimum absolute atomic E-state index is 0.253. The van der Waals surface area contributed by atoms with E-state index >= 15 is 0 Å². The largest absolute Gasteiger partial charge is 0.292 e. The molecule has 0 aliphatic heterocycles. The lowest BCUT2D eigenvalue weighted by Crippen LogP contribution is -2.24. The second-order valence-electron chi connectivity index (χ2n) is 4.11. The van der Waals surface area contributed by atoms with Crippen molar-refractivity contribution in [2.45, 2.75) is 4.83 Å². The van der Waals surface area contributed by atoms with Crippen LogP contribution in [0.1, 0.15) is 20.7 Å². The molecule has 5 heteroatoms. The number of carbonyl (C=O) groups is 2.